The lowest BCUT2D eigenvalue weighted by Gasteiger charge is -2.27. The number of benzene rings is 1. The van der Waals surface area contributed by atoms with Crippen molar-refractivity contribution >= 4 is 61.6 Å². The van der Waals surface area contributed by atoms with E-state index in [0.717, 1.165) is 12.8 Å². The van der Waals surface area contributed by atoms with E-state index in [0.29, 0.717) is 32.0 Å². The number of aliphatic carboxylic acids is 1. The van der Waals surface area contributed by atoms with Crippen LogP contribution in [-0.2, 0) is 19.2 Å². The van der Waals surface area contributed by atoms with Gasteiger partial charge in [-0.2, -0.15) is 0 Å². The molecule has 1 rings (SSSR count). The SMILES string of the molecule is CC.CC.CNC(=O)C(CCC=O)N(C)C(=O)c1c(C=O)cccc1NCC(=O)NCCCCCCC(=O)O.[B]S. The molecule has 41 heavy (non-hydrogen) atoms. The zero-order chi connectivity index (χ0) is 32.2. The Morgan fingerprint density at radius 1 is 1.02 bits per heavy atom. The highest BCUT2D eigenvalue weighted by Gasteiger charge is 2.29. The number of rotatable bonds is 17. The van der Waals surface area contributed by atoms with Crippen LogP contribution in [0.4, 0.5) is 5.69 Å². The summed E-state index contributed by atoms with van der Waals surface area (Å²) in [5.74, 6) is -2.18. The number of nitrogens with one attached hydrogen (secondary N) is 3. The van der Waals surface area contributed by atoms with Gasteiger partial charge in [0.2, 0.25) is 11.8 Å². The number of carbonyl (C=O) groups excluding carboxylic acids is 5. The lowest BCUT2D eigenvalue weighted by Crippen LogP contribution is -2.47. The van der Waals surface area contributed by atoms with E-state index in [1.807, 2.05) is 27.7 Å². The summed E-state index contributed by atoms with van der Waals surface area (Å²) in [5.41, 5.74) is 0.386. The molecule has 13 heteroatoms. The molecule has 0 saturated heterocycles. The Morgan fingerprint density at radius 3 is 2.17 bits per heavy atom. The average molecular weight is 595 g/mol. The van der Waals surface area contributed by atoms with Crippen LogP contribution in [0.25, 0.3) is 0 Å². The summed E-state index contributed by atoms with van der Waals surface area (Å²) in [6.07, 6.45) is 4.39. The predicted octanol–water partition coefficient (Wildman–Crippen LogP) is 3.28. The van der Waals surface area contributed by atoms with Crippen LogP contribution in [0.3, 0.4) is 0 Å². The van der Waals surface area contributed by atoms with Crippen LogP contribution in [0.5, 0.6) is 0 Å². The Bertz CT molecular complexity index is 919. The molecule has 11 nitrogen and oxygen atoms in total. The topological polar surface area (TPSA) is 162 Å². The molecule has 0 aliphatic rings. The zero-order valence-electron chi connectivity index (χ0n) is 25.2. The van der Waals surface area contributed by atoms with Crippen LogP contribution in [0.15, 0.2) is 18.2 Å². The number of amides is 3. The Hall–Kier alpha value is -3.35. The number of carbonyl (C=O) groups is 6. The van der Waals surface area contributed by atoms with Gasteiger partial charge in [-0.15, -0.1) is 0 Å². The number of unbranched alkanes of at least 4 members (excludes halogenated alkanes) is 3. The first-order valence-corrected chi connectivity index (χ1v) is 14.3. The van der Waals surface area contributed by atoms with Gasteiger partial charge in [0.25, 0.3) is 5.91 Å². The van der Waals surface area contributed by atoms with E-state index >= 15 is 0 Å². The monoisotopic (exact) mass is 594 g/mol. The summed E-state index contributed by atoms with van der Waals surface area (Å²) < 4.78 is 0. The lowest BCUT2D eigenvalue weighted by molar-refractivity contribution is -0.137. The molecule has 0 saturated carbocycles. The summed E-state index contributed by atoms with van der Waals surface area (Å²) in [6, 6.07) is 3.68. The molecular weight excluding hydrogens is 547 g/mol. The second-order valence-corrected chi connectivity index (χ2v) is 7.94. The van der Waals surface area contributed by atoms with Gasteiger partial charge in [0.05, 0.1) is 12.1 Å². The van der Waals surface area contributed by atoms with Gasteiger partial charge >= 0.3 is 5.97 Å². The Labute approximate surface area is 251 Å². The normalized spacial score (nSPS) is 9.93. The minimum atomic E-state index is -0.913. The van der Waals surface area contributed by atoms with Crippen LogP contribution in [0.1, 0.15) is 93.4 Å². The maximum atomic E-state index is 13.3. The largest absolute Gasteiger partial charge is 0.481 e. The minimum Gasteiger partial charge on any atom is -0.481 e. The molecule has 0 spiro atoms. The van der Waals surface area contributed by atoms with Crippen molar-refractivity contribution in [2.75, 3.05) is 32.5 Å². The molecule has 0 fully saturated rings. The first-order valence-electron chi connectivity index (χ1n) is 13.8. The first kappa shape index (κ1) is 42.1. The molecular formula is C28H47BN4O7S. The smallest absolute Gasteiger partial charge is 0.303 e. The standard InChI is InChI=1S/C24H34N4O7.2C2H6.BHS/c1-25-23(34)19(11-8-14-29)28(2)24(35)22-17(16-30)9-7-10-18(22)27-15-20(31)26-13-6-4-3-5-12-21(32)33;3*1-2/h7,9-10,14,16,19,27H,3-6,8,11-13,15H2,1-2H3,(H,25,34)(H,26,31)(H,32,33);2*1-2H3;2H. The molecule has 1 aromatic rings. The zero-order valence-corrected chi connectivity index (χ0v) is 26.1. The number of anilines is 1. The molecule has 2 radical (unpaired) electrons. The number of likely N-dealkylation sites (N-methyl/N-ethyl adjacent to an activating group) is 2. The van der Waals surface area contributed by atoms with Gasteiger partial charge in [0, 0.05) is 44.7 Å². The van der Waals surface area contributed by atoms with Gasteiger partial charge in [0.1, 0.15) is 12.3 Å². The van der Waals surface area contributed by atoms with Crippen molar-refractivity contribution in [3.05, 3.63) is 29.3 Å². The van der Waals surface area contributed by atoms with E-state index in [2.05, 4.69) is 35.6 Å². The average Bonchev–Trinajstić information content (AvgIpc) is 3.01. The van der Waals surface area contributed by atoms with Gasteiger partial charge < -0.3 is 30.8 Å². The van der Waals surface area contributed by atoms with Gasteiger partial charge in [-0.05, 0) is 25.3 Å². The van der Waals surface area contributed by atoms with E-state index < -0.39 is 23.8 Å². The van der Waals surface area contributed by atoms with Crippen molar-refractivity contribution in [3.63, 3.8) is 0 Å². The fourth-order valence-corrected chi connectivity index (χ4v) is 3.49. The van der Waals surface area contributed by atoms with E-state index in [1.165, 1.54) is 25.1 Å². The van der Waals surface area contributed by atoms with Crippen molar-refractivity contribution in [1.29, 1.82) is 0 Å². The van der Waals surface area contributed by atoms with E-state index in [9.17, 15) is 28.8 Å². The number of aldehydes is 2. The number of carboxylic acid groups (broad SMARTS) is 1. The van der Waals surface area contributed by atoms with Gasteiger partial charge in [-0.25, -0.2) is 12.5 Å². The second-order valence-electron chi connectivity index (χ2n) is 7.94. The Balaban J connectivity index is -0.00000225. The van der Waals surface area contributed by atoms with Crippen LogP contribution < -0.4 is 16.0 Å². The third kappa shape index (κ3) is 17.9. The fourth-order valence-electron chi connectivity index (χ4n) is 3.49. The molecule has 0 heterocycles. The highest BCUT2D eigenvalue weighted by Crippen LogP contribution is 2.22. The van der Waals surface area contributed by atoms with Gasteiger partial charge in [-0.1, -0.05) is 52.7 Å². The minimum absolute atomic E-state index is 0.0243. The molecule has 0 aromatic heterocycles. The van der Waals surface area contributed by atoms with Crippen molar-refractivity contribution in [3.8, 4) is 0 Å². The van der Waals surface area contributed by atoms with Crippen LogP contribution in [-0.4, -0.2) is 86.6 Å². The van der Waals surface area contributed by atoms with Gasteiger partial charge in [-0.3, -0.25) is 24.0 Å². The van der Waals surface area contributed by atoms with Crippen molar-refractivity contribution in [2.24, 2.45) is 0 Å². The quantitative estimate of drug-likeness (QED) is 0.0795. The Kier molecular flexibility index (Phi) is 29.0. The van der Waals surface area contributed by atoms with Crippen molar-refractivity contribution in [1.82, 2.24) is 15.5 Å². The van der Waals surface area contributed by atoms with Crippen LogP contribution in [0, 0.1) is 0 Å². The van der Waals surface area contributed by atoms with E-state index in [1.54, 1.807) is 12.1 Å². The maximum Gasteiger partial charge on any atom is 0.303 e. The lowest BCUT2D eigenvalue weighted by atomic mass is 10.0. The second kappa shape index (κ2) is 28.2. The number of hydrogen-bond donors (Lipinski definition) is 5. The number of thiol groups is 1. The number of nitrogens with zero attached hydrogens (tertiary/aromatic N) is 1. The first-order chi connectivity index (χ1) is 19.8. The van der Waals surface area contributed by atoms with Crippen LogP contribution in [0.2, 0.25) is 0 Å². The molecule has 0 bridgehead atoms. The maximum absolute atomic E-state index is 13.3. The van der Waals surface area contributed by atoms with Crippen molar-refractivity contribution in [2.45, 2.75) is 78.7 Å². The highest BCUT2D eigenvalue weighted by atomic mass is 32.1. The summed E-state index contributed by atoms with van der Waals surface area (Å²) in [7, 11) is 7.04. The third-order valence-corrected chi connectivity index (χ3v) is 5.41. The van der Waals surface area contributed by atoms with E-state index in [-0.39, 0.29) is 48.5 Å². The molecule has 1 atom stereocenters. The highest BCUT2D eigenvalue weighted by molar-refractivity contribution is 8.03. The number of carboxylic acids is 1. The molecule has 1 aromatic carbocycles. The molecule has 0 aliphatic heterocycles. The fraction of sp³-hybridized carbons (Fsp3) is 0.571. The number of hydrogen-bond acceptors (Lipinski definition) is 8. The predicted molar refractivity (Wildman–Crippen MR) is 167 cm³/mol. The van der Waals surface area contributed by atoms with Crippen LogP contribution >= 0.6 is 12.5 Å². The molecule has 0 aliphatic carbocycles. The summed E-state index contributed by atoms with van der Waals surface area (Å²) in [4.78, 5) is 71.9. The molecule has 3 amide bonds. The summed E-state index contributed by atoms with van der Waals surface area (Å²) >= 11 is 3.03. The van der Waals surface area contributed by atoms with Crippen molar-refractivity contribution < 1.29 is 33.9 Å². The van der Waals surface area contributed by atoms with E-state index in [4.69, 9.17) is 5.11 Å². The molecule has 230 valence electrons. The summed E-state index contributed by atoms with van der Waals surface area (Å²) in [6.45, 7) is 8.29. The van der Waals surface area contributed by atoms with Gasteiger partial charge in [0.15, 0.2) is 13.4 Å². The summed E-state index contributed by atoms with van der Waals surface area (Å²) in [5, 5.41) is 16.7. The molecule has 1 unspecified atom stereocenters. The molecule has 4 N–H and O–H groups in total. The third-order valence-electron chi connectivity index (χ3n) is 5.41. The Morgan fingerprint density at radius 2 is 1.63 bits per heavy atom.